The number of nitriles is 1. The van der Waals surface area contributed by atoms with Crippen LogP contribution in [0.5, 0.6) is 0 Å². The molecule has 1 amide bonds. The maximum Gasteiger partial charge on any atom is 0.414 e. The van der Waals surface area contributed by atoms with E-state index in [0.29, 0.717) is 6.42 Å². The van der Waals surface area contributed by atoms with Crippen molar-refractivity contribution in [2.45, 2.75) is 27.2 Å². The first kappa shape index (κ1) is 11.6. The Morgan fingerprint density at radius 1 is 1.69 bits per heavy atom. The minimum absolute atomic E-state index is 0.0117. The first-order chi connectivity index (χ1) is 6.02. The zero-order valence-corrected chi connectivity index (χ0v) is 8.15. The zero-order chi connectivity index (χ0) is 10.4. The maximum atomic E-state index is 11.2. The summed E-state index contributed by atoms with van der Waals surface area (Å²) in [4.78, 5) is 11.2. The molecule has 1 atom stereocenters. The Bertz CT molecular complexity index is 251. The van der Waals surface area contributed by atoms with Crippen LogP contribution in [0.25, 0.3) is 0 Å². The average Bonchev–Trinajstić information content (AvgIpc) is 2.05. The third kappa shape index (κ3) is 3.70. The van der Waals surface area contributed by atoms with Crippen molar-refractivity contribution in [1.29, 1.82) is 5.26 Å². The molecule has 72 valence electrons. The number of nitrogens with zero attached hydrogens (tertiary/aromatic N) is 2. The van der Waals surface area contributed by atoms with Gasteiger partial charge in [-0.2, -0.15) is 5.26 Å². The van der Waals surface area contributed by atoms with Gasteiger partial charge in [0.15, 0.2) is 12.1 Å². The quantitative estimate of drug-likeness (QED) is 0.286. The van der Waals surface area contributed by atoms with Crippen molar-refractivity contribution in [3.8, 4) is 6.07 Å². The van der Waals surface area contributed by atoms with E-state index in [9.17, 15) is 10.0 Å². The summed E-state index contributed by atoms with van der Waals surface area (Å²) >= 11 is 0. The van der Waals surface area contributed by atoms with Gasteiger partial charge in [-0.25, -0.2) is 4.79 Å². The topological polar surface area (TPSA) is 66.9 Å². The van der Waals surface area contributed by atoms with Crippen molar-refractivity contribution < 1.29 is 9.53 Å². The Morgan fingerprint density at radius 3 is 2.54 bits per heavy atom. The van der Waals surface area contributed by atoms with Crippen molar-refractivity contribution in [2.24, 2.45) is 11.8 Å². The molecule has 0 rings (SSSR count). The SMILES string of the molecule is CCC(C#N)C(=O)[N+]([O-])=CC(C)C. The predicted octanol–water partition coefficient (Wildman–Crippen LogP) is 1.30. The Labute approximate surface area is 78.1 Å². The van der Waals surface area contributed by atoms with E-state index in [0.717, 1.165) is 0 Å². The van der Waals surface area contributed by atoms with Crippen molar-refractivity contribution in [3.05, 3.63) is 5.21 Å². The Balaban J connectivity index is 4.52. The summed E-state index contributed by atoms with van der Waals surface area (Å²) in [5.41, 5.74) is 0. The highest BCUT2D eigenvalue weighted by atomic mass is 16.5. The number of hydroxylamine groups is 1. The van der Waals surface area contributed by atoms with Gasteiger partial charge in [-0.3, -0.25) is 0 Å². The van der Waals surface area contributed by atoms with E-state index >= 15 is 0 Å². The van der Waals surface area contributed by atoms with E-state index < -0.39 is 11.8 Å². The lowest BCUT2D eigenvalue weighted by atomic mass is 10.1. The molecule has 0 aromatic carbocycles. The van der Waals surface area contributed by atoms with Gasteiger partial charge in [0.05, 0.1) is 6.07 Å². The minimum atomic E-state index is -0.813. The normalized spacial score (nSPS) is 13.9. The summed E-state index contributed by atoms with van der Waals surface area (Å²) in [5, 5.41) is 19.6. The van der Waals surface area contributed by atoms with Gasteiger partial charge >= 0.3 is 5.91 Å². The van der Waals surface area contributed by atoms with Crippen LogP contribution in [0.2, 0.25) is 0 Å². The van der Waals surface area contributed by atoms with Crippen LogP contribution in [0.3, 0.4) is 0 Å². The molecule has 0 spiro atoms. The first-order valence-electron chi connectivity index (χ1n) is 4.27. The third-order valence-corrected chi connectivity index (χ3v) is 1.51. The molecule has 0 N–H and O–H groups in total. The standard InChI is InChI=1S/C9H14N2O2/c1-4-8(5-10)9(12)11(13)6-7(2)3/h6-8H,4H2,1-3H3. The van der Waals surface area contributed by atoms with Gasteiger partial charge in [-0.15, -0.1) is 4.74 Å². The van der Waals surface area contributed by atoms with Crippen LogP contribution in [0.1, 0.15) is 27.2 Å². The van der Waals surface area contributed by atoms with Crippen LogP contribution >= 0.6 is 0 Å². The van der Waals surface area contributed by atoms with E-state index in [1.165, 1.54) is 6.21 Å². The summed E-state index contributed by atoms with van der Waals surface area (Å²) in [6, 6.07) is 1.79. The van der Waals surface area contributed by atoms with E-state index in [-0.39, 0.29) is 10.7 Å². The van der Waals surface area contributed by atoms with E-state index in [1.54, 1.807) is 26.8 Å². The smallest absolute Gasteiger partial charge is 0.414 e. The highest BCUT2D eigenvalue weighted by Gasteiger charge is 2.23. The molecule has 0 saturated carbocycles. The summed E-state index contributed by atoms with van der Waals surface area (Å²) < 4.78 is 0.266. The van der Waals surface area contributed by atoms with Crippen LogP contribution in [-0.2, 0) is 4.79 Å². The van der Waals surface area contributed by atoms with E-state index in [4.69, 9.17) is 5.26 Å². The zero-order valence-electron chi connectivity index (χ0n) is 8.15. The molecule has 1 unspecified atom stereocenters. The van der Waals surface area contributed by atoms with Crippen LogP contribution in [0.4, 0.5) is 0 Å². The number of carbonyl (C=O) groups excluding carboxylic acids is 1. The molecule has 0 fully saturated rings. The Kier molecular flexibility index (Phi) is 4.75. The number of hydrogen-bond donors (Lipinski definition) is 0. The van der Waals surface area contributed by atoms with Crippen LogP contribution in [0.15, 0.2) is 0 Å². The molecule has 0 aromatic rings. The molecule has 0 aliphatic carbocycles. The van der Waals surface area contributed by atoms with Crippen LogP contribution < -0.4 is 0 Å². The maximum absolute atomic E-state index is 11.2. The number of hydrogen-bond acceptors (Lipinski definition) is 3. The van der Waals surface area contributed by atoms with Gasteiger partial charge in [0.25, 0.3) is 0 Å². The fourth-order valence-electron chi connectivity index (χ4n) is 0.819. The lowest BCUT2D eigenvalue weighted by Gasteiger charge is -2.04. The van der Waals surface area contributed by atoms with Crippen molar-refractivity contribution in [3.63, 3.8) is 0 Å². The molecular formula is C9H14N2O2. The first-order valence-corrected chi connectivity index (χ1v) is 4.27. The Morgan fingerprint density at radius 2 is 2.23 bits per heavy atom. The molecule has 4 heteroatoms. The van der Waals surface area contributed by atoms with Gasteiger partial charge in [0.2, 0.25) is 0 Å². The number of rotatable bonds is 3. The lowest BCUT2D eigenvalue weighted by Crippen LogP contribution is -2.24. The monoisotopic (exact) mass is 182 g/mol. The minimum Gasteiger partial charge on any atom is -0.616 e. The van der Waals surface area contributed by atoms with Crippen molar-refractivity contribution in [1.82, 2.24) is 0 Å². The number of carbonyl (C=O) groups is 1. The van der Waals surface area contributed by atoms with Crippen LogP contribution in [0, 0.1) is 28.4 Å². The fourth-order valence-corrected chi connectivity index (χ4v) is 0.819. The predicted molar refractivity (Wildman–Crippen MR) is 48.9 cm³/mol. The molecule has 0 aliphatic rings. The highest BCUT2D eigenvalue weighted by Crippen LogP contribution is 2.02. The second-order valence-electron chi connectivity index (χ2n) is 3.15. The van der Waals surface area contributed by atoms with Gasteiger partial charge in [0, 0.05) is 5.92 Å². The second kappa shape index (κ2) is 5.31. The number of amides is 1. The molecule has 13 heavy (non-hydrogen) atoms. The fraction of sp³-hybridized carbons (Fsp3) is 0.667. The molecular weight excluding hydrogens is 168 g/mol. The summed E-state index contributed by atoms with van der Waals surface area (Å²) in [6.45, 7) is 5.30. The van der Waals surface area contributed by atoms with E-state index in [2.05, 4.69) is 0 Å². The Hall–Kier alpha value is -1.37. The molecule has 0 bridgehead atoms. The largest absolute Gasteiger partial charge is 0.616 e. The van der Waals surface area contributed by atoms with Crippen molar-refractivity contribution >= 4 is 12.1 Å². The molecule has 0 radical (unpaired) electrons. The molecule has 0 aliphatic heterocycles. The summed E-state index contributed by atoms with van der Waals surface area (Å²) in [7, 11) is 0. The van der Waals surface area contributed by atoms with Crippen molar-refractivity contribution in [2.75, 3.05) is 0 Å². The molecule has 0 aromatic heterocycles. The molecule has 0 heterocycles. The average molecular weight is 182 g/mol. The third-order valence-electron chi connectivity index (χ3n) is 1.51. The van der Waals surface area contributed by atoms with Gasteiger partial charge in [-0.1, -0.05) is 20.8 Å². The van der Waals surface area contributed by atoms with Crippen LogP contribution in [-0.4, -0.2) is 16.9 Å². The molecule has 4 nitrogen and oxygen atoms in total. The van der Waals surface area contributed by atoms with Gasteiger partial charge < -0.3 is 5.21 Å². The second-order valence-corrected chi connectivity index (χ2v) is 3.15. The van der Waals surface area contributed by atoms with Gasteiger partial charge in [-0.05, 0) is 6.42 Å². The summed E-state index contributed by atoms with van der Waals surface area (Å²) in [6.07, 6.45) is 1.64. The van der Waals surface area contributed by atoms with Gasteiger partial charge in [0.1, 0.15) is 0 Å². The highest BCUT2D eigenvalue weighted by molar-refractivity contribution is 5.77. The molecule has 0 saturated heterocycles. The van der Waals surface area contributed by atoms with E-state index in [1.807, 2.05) is 0 Å². The lowest BCUT2D eigenvalue weighted by molar-refractivity contribution is -0.383. The summed E-state index contributed by atoms with van der Waals surface area (Å²) in [5.74, 6) is -1.47.